The first-order chi connectivity index (χ1) is 13.5. The summed E-state index contributed by atoms with van der Waals surface area (Å²) < 4.78 is 13.6. The fraction of sp³-hybridized carbons (Fsp3) is 0.167. The maximum absolute atomic E-state index is 13.6. The summed E-state index contributed by atoms with van der Waals surface area (Å²) in [5, 5.41) is 26.1. The number of nitro benzene ring substituents is 1. The summed E-state index contributed by atoms with van der Waals surface area (Å²) in [5.41, 5.74) is 1.02. The highest BCUT2D eigenvalue weighted by Crippen LogP contribution is 2.26. The molecule has 0 unspecified atom stereocenters. The normalized spacial score (nSPS) is 11.7. The second-order valence-corrected chi connectivity index (χ2v) is 5.97. The summed E-state index contributed by atoms with van der Waals surface area (Å²) in [6, 6.07) is 8.39. The lowest BCUT2D eigenvalue weighted by molar-refractivity contribution is -0.387. The molecule has 0 aliphatic heterocycles. The van der Waals surface area contributed by atoms with E-state index in [2.05, 4.69) is 25.6 Å². The molecule has 0 radical (unpaired) electrons. The molecule has 3 rings (SSSR count). The van der Waals surface area contributed by atoms with Gasteiger partial charge >= 0.3 is 5.69 Å². The van der Waals surface area contributed by atoms with E-state index in [-0.39, 0.29) is 18.6 Å². The Bertz CT molecular complexity index is 986. The molecule has 0 saturated carbocycles. The van der Waals surface area contributed by atoms with Gasteiger partial charge in [-0.25, -0.2) is 4.98 Å². The zero-order valence-electron chi connectivity index (χ0n) is 14.8. The lowest BCUT2D eigenvalue weighted by Crippen LogP contribution is -2.21. The van der Waals surface area contributed by atoms with Gasteiger partial charge in [-0.05, 0) is 31.2 Å². The minimum atomic E-state index is -0.921. The number of benzene rings is 1. The van der Waals surface area contributed by atoms with Gasteiger partial charge in [-0.1, -0.05) is 0 Å². The largest absolute Gasteiger partial charge is 0.394 e. The second kappa shape index (κ2) is 8.35. The van der Waals surface area contributed by atoms with Crippen molar-refractivity contribution in [1.82, 2.24) is 15.0 Å². The van der Waals surface area contributed by atoms with Crippen molar-refractivity contribution in [3.63, 3.8) is 0 Å². The van der Waals surface area contributed by atoms with Crippen LogP contribution in [0.2, 0.25) is 0 Å². The number of pyridine rings is 1. The van der Waals surface area contributed by atoms with Gasteiger partial charge in [-0.3, -0.25) is 15.1 Å². The van der Waals surface area contributed by atoms with Crippen LogP contribution in [-0.4, -0.2) is 37.6 Å². The molecule has 9 nitrogen and oxygen atoms in total. The molecule has 0 amide bonds. The highest BCUT2D eigenvalue weighted by molar-refractivity contribution is 5.68. The molecule has 0 fully saturated rings. The van der Waals surface area contributed by atoms with Gasteiger partial charge in [0.25, 0.3) is 0 Å². The van der Waals surface area contributed by atoms with Crippen LogP contribution in [0.4, 0.5) is 27.5 Å². The van der Waals surface area contributed by atoms with Crippen molar-refractivity contribution in [3.8, 4) is 11.3 Å². The molecular formula is C18H17FN6O3. The standard InChI is InChI=1S/C18H17FN6O3/c1-11(10-26)21-18-23-15(12-4-6-20-7-5-12)9-17(24-18)22-13-2-3-14(19)16(8-13)25(27)28/h2-9,11,26H,10H2,1H3,(H2,21,22,23,24)/t11-/m0/s1. The third kappa shape index (κ3) is 4.54. The van der Waals surface area contributed by atoms with E-state index in [0.717, 1.165) is 17.7 Å². The predicted molar refractivity (Wildman–Crippen MR) is 102 cm³/mol. The van der Waals surface area contributed by atoms with Crippen molar-refractivity contribution in [3.05, 3.63) is 64.7 Å². The molecule has 10 heteroatoms. The van der Waals surface area contributed by atoms with Gasteiger partial charge in [0.05, 0.1) is 17.2 Å². The molecule has 0 aliphatic rings. The summed E-state index contributed by atoms with van der Waals surface area (Å²) in [6.45, 7) is 1.65. The van der Waals surface area contributed by atoms with E-state index >= 15 is 0 Å². The lowest BCUT2D eigenvalue weighted by atomic mass is 10.2. The van der Waals surface area contributed by atoms with E-state index in [0.29, 0.717) is 17.2 Å². The molecule has 2 aromatic heterocycles. The van der Waals surface area contributed by atoms with Crippen LogP contribution in [0.15, 0.2) is 48.8 Å². The number of aromatic nitrogens is 3. The van der Waals surface area contributed by atoms with Crippen molar-refractivity contribution >= 4 is 23.1 Å². The van der Waals surface area contributed by atoms with Crippen LogP contribution >= 0.6 is 0 Å². The Hall–Kier alpha value is -3.66. The molecule has 0 aliphatic carbocycles. The molecule has 2 heterocycles. The van der Waals surface area contributed by atoms with E-state index in [4.69, 9.17) is 0 Å². The van der Waals surface area contributed by atoms with E-state index in [1.165, 1.54) is 6.07 Å². The van der Waals surface area contributed by atoms with Crippen LogP contribution in [0.5, 0.6) is 0 Å². The Morgan fingerprint density at radius 2 is 1.96 bits per heavy atom. The van der Waals surface area contributed by atoms with Crippen LogP contribution in [0.3, 0.4) is 0 Å². The van der Waals surface area contributed by atoms with Crippen molar-refractivity contribution < 1.29 is 14.4 Å². The van der Waals surface area contributed by atoms with Crippen molar-refractivity contribution in [2.75, 3.05) is 17.2 Å². The Morgan fingerprint density at radius 1 is 1.21 bits per heavy atom. The fourth-order valence-electron chi connectivity index (χ4n) is 2.39. The number of hydrogen-bond acceptors (Lipinski definition) is 8. The van der Waals surface area contributed by atoms with Gasteiger partial charge in [0.15, 0.2) is 0 Å². The summed E-state index contributed by atoms with van der Waals surface area (Å²) in [6.07, 6.45) is 3.24. The number of nitrogens with one attached hydrogen (secondary N) is 2. The molecule has 0 bridgehead atoms. The first kappa shape index (κ1) is 19.1. The Balaban J connectivity index is 1.98. The highest BCUT2D eigenvalue weighted by atomic mass is 19.1. The SMILES string of the molecule is C[C@@H](CO)Nc1nc(Nc2ccc(F)c([N+](=O)[O-])c2)cc(-c2ccncc2)n1. The highest BCUT2D eigenvalue weighted by Gasteiger charge is 2.15. The van der Waals surface area contributed by atoms with Gasteiger partial charge in [-0.15, -0.1) is 0 Å². The van der Waals surface area contributed by atoms with Crippen LogP contribution in [0.25, 0.3) is 11.3 Å². The van der Waals surface area contributed by atoms with Crippen molar-refractivity contribution in [1.29, 1.82) is 0 Å². The summed E-state index contributed by atoms with van der Waals surface area (Å²) >= 11 is 0. The minimum Gasteiger partial charge on any atom is -0.394 e. The van der Waals surface area contributed by atoms with Gasteiger partial charge in [-0.2, -0.15) is 9.37 Å². The number of nitrogens with zero attached hydrogens (tertiary/aromatic N) is 4. The zero-order chi connectivity index (χ0) is 20.1. The predicted octanol–water partition coefficient (Wildman–Crippen LogP) is 3.12. The van der Waals surface area contributed by atoms with E-state index in [1.807, 2.05) is 0 Å². The number of anilines is 3. The molecule has 144 valence electrons. The summed E-state index contributed by atoms with van der Waals surface area (Å²) in [7, 11) is 0. The number of rotatable bonds is 7. The number of nitro groups is 1. The third-order valence-electron chi connectivity index (χ3n) is 3.77. The van der Waals surface area contributed by atoms with Gasteiger partial charge < -0.3 is 15.7 Å². The quantitative estimate of drug-likeness (QED) is 0.419. The fourth-order valence-corrected chi connectivity index (χ4v) is 2.39. The van der Waals surface area contributed by atoms with Gasteiger partial charge in [0.2, 0.25) is 11.8 Å². The zero-order valence-corrected chi connectivity index (χ0v) is 14.8. The Morgan fingerprint density at radius 3 is 2.64 bits per heavy atom. The summed E-state index contributed by atoms with van der Waals surface area (Å²) in [4.78, 5) is 22.9. The number of hydrogen-bond donors (Lipinski definition) is 3. The Kier molecular flexibility index (Phi) is 5.70. The maximum Gasteiger partial charge on any atom is 0.306 e. The van der Waals surface area contributed by atoms with E-state index < -0.39 is 16.4 Å². The maximum atomic E-state index is 13.6. The second-order valence-electron chi connectivity index (χ2n) is 5.97. The third-order valence-corrected chi connectivity index (χ3v) is 3.77. The number of halogens is 1. The minimum absolute atomic E-state index is 0.115. The first-order valence-corrected chi connectivity index (χ1v) is 8.34. The molecule has 28 heavy (non-hydrogen) atoms. The molecule has 3 N–H and O–H groups in total. The average molecular weight is 384 g/mol. The molecule has 0 saturated heterocycles. The van der Waals surface area contributed by atoms with Crippen LogP contribution < -0.4 is 10.6 Å². The van der Waals surface area contributed by atoms with Crippen LogP contribution in [-0.2, 0) is 0 Å². The molecule has 0 spiro atoms. The molecular weight excluding hydrogens is 367 g/mol. The monoisotopic (exact) mass is 384 g/mol. The first-order valence-electron chi connectivity index (χ1n) is 8.34. The van der Waals surface area contributed by atoms with Crippen molar-refractivity contribution in [2.24, 2.45) is 0 Å². The van der Waals surface area contributed by atoms with Gasteiger partial charge in [0, 0.05) is 41.8 Å². The smallest absolute Gasteiger partial charge is 0.306 e. The van der Waals surface area contributed by atoms with Gasteiger partial charge in [0.1, 0.15) is 5.82 Å². The van der Waals surface area contributed by atoms with Crippen molar-refractivity contribution in [2.45, 2.75) is 13.0 Å². The van der Waals surface area contributed by atoms with E-state index in [1.54, 1.807) is 37.5 Å². The Labute approximate surface area is 159 Å². The average Bonchev–Trinajstić information content (AvgIpc) is 2.69. The van der Waals surface area contributed by atoms with Crippen LogP contribution in [0, 0.1) is 15.9 Å². The van der Waals surface area contributed by atoms with Crippen LogP contribution in [0.1, 0.15) is 6.92 Å². The molecule has 3 aromatic rings. The molecule has 1 aromatic carbocycles. The topological polar surface area (TPSA) is 126 Å². The summed E-state index contributed by atoms with van der Waals surface area (Å²) in [5.74, 6) is -0.319. The molecule has 1 atom stereocenters. The lowest BCUT2D eigenvalue weighted by Gasteiger charge is -2.14. The van der Waals surface area contributed by atoms with E-state index in [9.17, 15) is 19.6 Å². The number of aliphatic hydroxyl groups is 1. The number of aliphatic hydroxyl groups excluding tert-OH is 1.